The molecular formula is C14H15Cl4N3. The Morgan fingerprint density at radius 1 is 1.10 bits per heavy atom. The minimum atomic E-state index is 0.474. The van der Waals surface area contributed by atoms with E-state index in [-0.39, 0.29) is 0 Å². The van der Waals surface area contributed by atoms with Crippen LogP contribution in [0.15, 0.2) is 12.1 Å². The zero-order valence-electron chi connectivity index (χ0n) is 11.7. The zero-order valence-corrected chi connectivity index (χ0v) is 14.7. The number of aryl methyl sites for hydroxylation is 2. The normalized spacial score (nSPS) is 11.0. The molecule has 0 radical (unpaired) electrons. The molecule has 1 aromatic carbocycles. The van der Waals surface area contributed by atoms with Crippen molar-refractivity contribution in [3.8, 4) is 0 Å². The van der Waals surface area contributed by atoms with Gasteiger partial charge >= 0.3 is 0 Å². The minimum Gasteiger partial charge on any atom is -0.377 e. The fourth-order valence-electron chi connectivity index (χ4n) is 2.07. The van der Waals surface area contributed by atoms with Gasteiger partial charge in [0.2, 0.25) is 0 Å². The highest BCUT2D eigenvalue weighted by atomic mass is 35.5. The van der Waals surface area contributed by atoms with E-state index >= 15 is 0 Å². The summed E-state index contributed by atoms with van der Waals surface area (Å²) in [6.45, 7) is 5.28. The van der Waals surface area contributed by atoms with Crippen molar-refractivity contribution in [3.63, 3.8) is 0 Å². The highest BCUT2D eigenvalue weighted by Crippen LogP contribution is 2.34. The van der Waals surface area contributed by atoms with Crippen LogP contribution < -0.4 is 5.32 Å². The third kappa shape index (κ3) is 3.59. The lowest BCUT2D eigenvalue weighted by atomic mass is 10.2. The average Bonchev–Trinajstić information content (AvgIpc) is 2.73. The lowest BCUT2D eigenvalue weighted by molar-refractivity contribution is 0.619. The van der Waals surface area contributed by atoms with Gasteiger partial charge < -0.3 is 5.32 Å². The van der Waals surface area contributed by atoms with E-state index in [1.165, 1.54) is 0 Å². The standard InChI is InChI=1S/C14H15Cl4N3/c1-3-11-13(18)12(21(4-2)20-11)7-19-14-9(16)5-8(15)6-10(14)17/h5-6,19H,3-4,7H2,1-2H3. The highest BCUT2D eigenvalue weighted by Gasteiger charge is 2.15. The molecule has 0 spiro atoms. The lowest BCUT2D eigenvalue weighted by Gasteiger charge is -2.12. The van der Waals surface area contributed by atoms with Gasteiger partial charge in [0, 0.05) is 11.6 Å². The highest BCUT2D eigenvalue weighted by molar-refractivity contribution is 6.41. The third-order valence-corrected chi connectivity index (χ3v) is 4.38. The van der Waals surface area contributed by atoms with Crippen LogP contribution in [0.2, 0.25) is 20.1 Å². The fourth-order valence-corrected chi connectivity index (χ4v) is 3.36. The van der Waals surface area contributed by atoms with Gasteiger partial charge in [-0.2, -0.15) is 5.10 Å². The van der Waals surface area contributed by atoms with Crippen LogP contribution in [0, 0.1) is 0 Å². The van der Waals surface area contributed by atoms with Crippen molar-refractivity contribution in [1.29, 1.82) is 0 Å². The monoisotopic (exact) mass is 365 g/mol. The van der Waals surface area contributed by atoms with Crippen LogP contribution in [0.5, 0.6) is 0 Å². The second-order valence-electron chi connectivity index (χ2n) is 4.47. The number of aromatic nitrogens is 2. The summed E-state index contributed by atoms with van der Waals surface area (Å²) in [6, 6.07) is 3.29. The summed E-state index contributed by atoms with van der Waals surface area (Å²) in [5, 5.41) is 9.82. The molecule has 2 rings (SSSR count). The topological polar surface area (TPSA) is 29.9 Å². The third-order valence-electron chi connectivity index (χ3n) is 3.13. The number of nitrogens with one attached hydrogen (secondary N) is 1. The molecular weight excluding hydrogens is 352 g/mol. The SMILES string of the molecule is CCc1nn(CC)c(CNc2c(Cl)cc(Cl)cc2Cl)c1Cl. The first-order valence-corrected chi connectivity index (χ1v) is 8.11. The van der Waals surface area contributed by atoms with Crippen LogP contribution in [-0.2, 0) is 19.5 Å². The second kappa shape index (κ2) is 7.10. The first-order chi connectivity index (χ1) is 9.97. The number of halogens is 4. The van der Waals surface area contributed by atoms with Gasteiger partial charge in [0.1, 0.15) is 0 Å². The van der Waals surface area contributed by atoms with E-state index in [2.05, 4.69) is 10.4 Å². The van der Waals surface area contributed by atoms with Gasteiger partial charge in [-0.25, -0.2) is 0 Å². The first-order valence-electron chi connectivity index (χ1n) is 6.60. The minimum absolute atomic E-state index is 0.474. The number of anilines is 1. The van der Waals surface area contributed by atoms with Crippen LogP contribution in [0.4, 0.5) is 5.69 Å². The smallest absolute Gasteiger partial charge is 0.0868 e. The summed E-state index contributed by atoms with van der Waals surface area (Å²) in [4.78, 5) is 0. The van der Waals surface area contributed by atoms with Crippen molar-refractivity contribution in [3.05, 3.63) is 43.6 Å². The van der Waals surface area contributed by atoms with E-state index in [1.807, 2.05) is 18.5 Å². The van der Waals surface area contributed by atoms with E-state index in [0.717, 1.165) is 24.4 Å². The molecule has 0 bridgehead atoms. The van der Waals surface area contributed by atoms with Crippen LogP contribution in [-0.4, -0.2) is 9.78 Å². The molecule has 0 unspecified atom stereocenters. The van der Waals surface area contributed by atoms with Crippen molar-refractivity contribution >= 4 is 52.1 Å². The van der Waals surface area contributed by atoms with Gasteiger partial charge in [0.15, 0.2) is 0 Å². The maximum atomic E-state index is 6.37. The molecule has 1 aromatic heterocycles. The Morgan fingerprint density at radius 3 is 2.24 bits per heavy atom. The molecule has 0 aliphatic carbocycles. The molecule has 0 atom stereocenters. The maximum absolute atomic E-state index is 6.37. The van der Waals surface area contributed by atoms with Crippen molar-refractivity contribution < 1.29 is 0 Å². The zero-order chi connectivity index (χ0) is 15.6. The number of rotatable bonds is 5. The molecule has 2 aromatic rings. The Kier molecular flexibility index (Phi) is 5.67. The Labute approximate surface area is 144 Å². The number of hydrogen-bond acceptors (Lipinski definition) is 2. The van der Waals surface area contributed by atoms with E-state index in [4.69, 9.17) is 46.4 Å². The van der Waals surface area contributed by atoms with Crippen molar-refractivity contribution in [2.75, 3.05) is 5.32 Å². The fraction of sp³-hybridized carbons (Fsp3) is 0.357. The average molecular weight is 367 g/mol. The van der Waals surface area contributed by atoms with Crippen LogP contribution >= 0.6 is 46.4 Å². The Hall–Kier alpha value is -0.610. The van der Waals surface area contributed by atoms with E-state index in [0.29, 0.717) is 32.3 Å². The van der Waals surface area contributed by atoms with Crippen LogP contribution in [0.3, 0.4) is 0 Å². The van der Waals surface area contributed by atoms with Gasteiger partial charge in [-0.05, 0) is 25.5 Å². The lowest BCUT2D eigenvalue weighted by Crippen LogP contribution is -2.09. The summed E-state index contributed by atoms with van der Waals surface area (Å²) in [5.74, 6) is 0. The summed E-state index contributed by atoms with van der Waals surface area (Å²) >= 11 is 24.6. The van der Waals surface area contributed by atoms with Gasteiger partial charge in [0.05, 0.1) is 38.7 Å². The second-order valence-corrected chi connectivity index (χ2v) is 6.10. The van der Waals surface area contributed by atoms with Crippen LogP contribution in [0.25, 0.3) is 0 Å². The molecule has 0 aliphatic rings. The van der Waals surface area contributed by atoms with Crippen molar-refractivity contribution in [1.82, 2.24) is 9.78 Å². The maximum Gasteiger partial charge on any atom is 0.0868 e. The van der Waals surface area contributed by atoms with Crippen molar-refractivity contribution in [2.24, 2.45) is 0 Å². The quantitative estimate of drug-likeness (QED) is 0.736. The molecule has 114 valence electrons. The van der Waals surface area contributed by atoms with Gasteiger partial charge in [-0.1, -0.05) is 53.3 Å². The van der Waals surface area contributed by atoms with Gasteiger partial charge in [-0.3, -0.25) is 4.68 Å². The van der Waals surface area contributed by atoms with Gasteiger partial charge in [-0.15, -0.1) is 0 Å². The molecule has 0 saturated carbocycles. The number of benzene rings is 1. The largest absolute Gasteiger partial charge is 0.377 e. The molecule has 0 saturated heterocycles. The molecule has 0 amide bonds. The summed E-state index contributed by atoms with van der Waals surface area (Å²) < 4.78 is 1.88. The number of hydrogen-bond donors (Lipinski definition) is 1. The first kappa shape index (κ1) is 16.8. The molecule has 21 heavy (non-hydrogen) atoms. The Bertz CT molecular complexity index is 629. The molecule has 1 heterocycles. The molecule has 1 N–H and O–H groups in total. The molecule has 0 aliphatic heterocycles. The molecule has 0 fully saturated rings. The summed E-state index contributed by atoms with van der Waals surface area (Å²) in [6.07, 6.45) is 0.793. The predicted molar refractivity (Wildman–Crippen MR) is 91.1 cm³/mol. The Morgan fingerprint density at radius 2 is 1.71 bits per heavy atom. The summed E-state index contributed by atoms with van der Waals surface area (Å²) in [7, 11) is 0. The molecule has 7 heteroatoms. The molecule has 3 nitrogen and oxygen atoms in total. The van der Waals surface area contributed by atoms with E-state index in [1.54, 1.807) is 12.1 Å². The Balaban J connectivity index is 2.26. The van der Waals surface area contributed by atoms with Gasteiger partial charge in [0.25, 0.3) is 0 Å². The number of nitrogens with zero attached hydrogens (tertiary/aromatic N) is 2. The van der Waals surface area contributed by atoms with Crippen molar-refractivity contribution in [2.45, 2.75) is 33.4 Å². The predicted octanol–water partition coefficient (Wildman–Crippen LogP) is 5.69. The van der Waals surface area contributed by atoms with E-state index < -0.39 is 0 Å². The van der Waals surface area contributed by atoms with E-state index in [9.17, 15) is 0 Å². The van der Waals surface area contributed by atoms with Crippen LogP contribution in [0.1, 0.15) is 25.2 Å². The summed E-state index contributed by atoms with van der Waals surface area (Å²) in [5.41, 5.74) is 2.45.